The van der Waals surface area contributed by atoms with Crippen molar-refractivity contribution in [3.05, 3.63) is 65.5 Å². The lowest BCUT2D eigenvalue weighted by Gasteiger charge is -2.33. The van der Waals surface area contributed by atoms with Gasteiger partial charge in [0.25, 0.3) is 0 Å². The van der Waals surface area contributed by atoms with Gasteiger partial charge in [0, 0.05) is 17.7 Å². The molecular weight excluding hydrogens is 381 g/mol. The molecule has 2 aliphatic heterocycles. The van der Waals surface area contributed by atoms with Gasteiger partial charge in [-0.1, -0.05) is 30.3 Å². The van der Waals surface area contributed by atoms with Gasteiger partial charge in [-0.3, -0.25) is 4.79 Å². The van der Waals surface area contributed by atoms with Crippen LogP contribution in [0.3, 0.4) is 0 Å². The van der Waals surface area contributed by atoms with E-state index in [0.717, 1.165) is 5.56 Å². The fraction of sp³-hybridized carbons (Fsp3) is 0.333. The van der Waals surface area contributed by atoms with Gasteiger partial charge >= 0.3 is 5.97 Å². The Bertz CT molecular complexity index is 907. The minimum absolute atomic E-state index is 0.0425. The molecule has 5 nitrogen and oxygen atoms in total. The Balaban J connectivity index is 1.53. The highest BCUT2D eigenvalue weighted by molar-refractivity contribution is 8.00. The number of carbonyl (C=O) groups excluding carboxylic acids is 2. The lowest BCUT2D eigenvalue weighted by molar-refractivity contribution is -0.155. The minimum atomic E-state index is -0.653. The van der Waals surface area contributed by atoms with Crippen molar-refractivity contribution in [3.63, 3.8) is 0 Å². The second-order valence-corrected chi connectivity index (χ2v) is 8.10. The van der Waals surface area contributed by atoms with E-state index in [1.165, 1.54) is 25.3 Å². The maximum atomic E-state index is 13.5. The summed E-state index contributed by atoms with van der Waals surface area (Å²) in [6, 6.07) is 13.2. The molecule has 0 saturated carbocycles. The van der Waals surface area contributed by atoms with E-state index in [0.29, 0.717) is 29.9 Å². The zero-order chi connectivity index (χ0) is 19.7. The Morgan fingerprint density at radius 2 is 2.07 bits per heavy atom. The first-order valence-electron chi connectivity index (χ1n) is 9.06. The molecular formula is C21H20FNO4S. The average Bonchev–Trinajstić information content (AvgIpc) is 3.26. The summed E-state index contributed by atoms with van der Waals surface area (Å²) < 4.78 is 24.2. The van der Waals surface area contributed by atoms with E-state index in [1.807, 2.05) is 30.3 Å². The van der Waals surface area contributed by atoms with Gasteiger partial charge in [0.2, 0.25) is 5.91 Å². The van der Waals surface area contributed by atoms with E-state index in [2.05, 4.69) is 0 Å². The van der Waals surface area contributed by atoms with Crippen LogP contribution in [0.5, 0.6) is 5.75 Å². The third-order valence-corrected chi connectivity index (χ3v) is 6.83. The lowest BCUT2D eigenvalue weighted by atomic mass is 10.0. The Hall–Kier alpha value is -2.54. The topological polar surface area (TPSA) is 55.8 Å². The number of nitrogens with zero attached hydrogens (tertiary/aromatic N) is 1. The Morgan fingerprint density at radius 3 is 2.82 bits per heavy atom. The summed E-state index contributed by atoms with van der Waals surface area (Å²) >= 11 is 1.61. The van der Waals surface area contributed by atoms with Crippen LogP contribution in [0.4, 0.5) is 4.39 Å². The fourth-order valence-corrected chi connectivity index (χ4v) is 5.56. The molecule has 0 aliphatic carbocycles. The second kappa shape index (κ2) is 7.47. The Kier molecular flexibility index (Phi) is 5.02. The first-order valence-corrected chi connectivity index (χ1v) is 10.0. The molecule has 28 heavy (non-hydrogen) atoms. The summed E-state index contributed by atoms with van der Waals surface area (Å²) in [6.45, 7) is -0.110. The average molecular weight is 401 g/mol. The normalized spacial score (nSPS) is 23.6. The van der Waals surface area contributed by atoms with E-state index in [4.69, 9.17) is 9.47 Å². The van der Waals surface area contributed by atoms with Crippen LogP contribution in [0.25, 0.3) is 0 Å². The van der Waals surface area contributed by atoms with Gasteiger partial charge in [0.15, 0.2) is 0 Å². The number of thioether (sulfide) groups is 1. The summed E-state index contributed by atoms with van der Waals surface area (Å²) in [7, 11) is 1.48. The van der Waals surface area contributed by atoms with Crippen LogP contribution < -0.4 is 4.74 Å². The molecule has 0 radical (unpaired) electrons. The molecule has 7 heteroatoms. The molecule has 0 aromatic heterocycles. The van der Waals surface area contributed by atoms with Gasteiger partial charge in [-0.25, -0.2) is 9.18 Å². The number of methoxy groups -OCH3 is 1. The molecule has 2 atom stereocenters. The van der Waals surface area contributed by atoms with Crippen molar-refractivity contribution in [3.8, 4) is 5.75 Å². The molecule has 0 N–H and O–H groups in total. The highest BCUT2D eigenvalue weighted by atomic mass is 32.2. The van der Waals surface area contributed by atoms with Crippen LogP contribution in [-0.2, 0) is 25.8 Å². The van der Waals surface area contributed by atoms with Crippen LogP contribution >= 0.6 is 11.8 Å². The molecule has 0 bridgehead atoms. The van der Waals surface area contributed by atoms with Crippen LogP contribution in [0, 0.1) is 5.82 Å². The number of hydrogen-bond donors (Lipinski definition) is 0. The van der Waals surface area contributed by atoms with E-state index in [1.54, 1.807) is 16.7 Å². The Morgan fingerprint density at radius 1 is 1.29 bits per heavy atom. The SMILES string of the molecule is COc1ccc(F)cc1COC(=O)[C@H]1CS[C@]2(c3ccccc3)CCC(=O)N12. The second-order valence-electron chi connectivity index (χ2n) is 6.80. The monoisotopic (exact) mass is 401 g/mol. The molecule has 2 heterocycles. The minimum Gasteiger partial charge on any atom is -0.496 e. The summed E-state index contributed by atoms with van der Waals surface area (Å²) in [5, 5.41) is 0. The van der Waals surface area contributed by atoms with Gasteiger partial charge in [-0.15, -0.1) is 11.8 Å². The van der Waals surface area contributed by atoms with Crippen LogP contribution in [0.15, 0.2) is 48.5 Å². The third-order valence-electron chi connectivity index (χ3n) is 5.24. The van der Waals surface area contributed by atoms with E-state index < -0.39 is 22.7 Å². The molecule has 0 unspecified atom stereocenters. The van der Waals surface area contributed by atoms with Crippen LogP contribution in [-0.4, -0.2) is 35.7 Å². The number of carbonyl (C=O) groups is 2. The summed E-state index contributed by atoms with van der Waals surface area (Å²) in [4.78, 5) is 26.6. The third kappa shape index (κ3) is 3.13. The number of halogens is 1. The molecule has 4 rings (SSSR count). The highest BCUT2D eigenvalue weighted by Gasteiger charge is 2.57. The zero-order valence-electron chi connectivity index (χ0n) is 15.4. The van der Waals surface area contributed by atoms with Crippen molar-refractivity contribution in [2.45, 2.75) is 30.4 Å². The number of rotatable bonds is 5. The summed E-state index contributed by atoms with van der Waals surface area (Å²) in [6.07, 6.45) is 1.07. The smallest absolute Gasteiger partial charge is 0.330 e. The molecule has 2 aliphatic rings. The van der Waals surface area contributed by atoms with E-state index in [-0.39, 0.29) is 12.5 Å². The molecule has 2 saturated heterocycles. The largest absolute Gasteiger partial charge is 0.496 e. The van der Waals surface area contributed by atoms with Crippen molar-refractivity contribution in [2.75, 3.05) is 12.9 Å². The number of amides is 1. The van der Waals surface area contributed by atoms with Crippen LogP contribution in [0.1, 0.15) is 24.0 Å². The first-order chi connectivity index (χ1) is 13.5. The van der Waals surface area contributed by atoms with E-state index >= 15 is 0 Å². The zero-order valence-corrected chi connectivity index (χ0v) is 16.2. The maximum Gasteiger partial charge on any atom is 0.330 e. The van der Waals surface area contributed by atoms with Crippen molar-refractivity contribution in [1.29, 1.82) is 0 Å². The first kappa shape index (κ1) is 18.8. The number of ether oxygens (including phenoxy) is 2. The van der Waals surface area contributed by atoms with Crippen molar-refractivity contribution in [2.24, 2.45) is 0 Å². The van der Waals surface area contributed by atoms with Gasteiger partial charge in [-0.2, -0.15) is 0 Å². The van der Waals surface area contributed by atoms with Gasteiger partial charge in [0.05, 0.1) is 7.11 Å². The number of benzene rings is 2. The summed E-state index contributed by atoms with van der Waals surface area (Å²) in [5.74, 6) is -0.0299. The van der Waals surface area contributed by atoms with Crippen LogP contribution in [0.2, 0.25) is 0 Å². The number of esters is 1. The molecule has 2 aromatic rings. The number of hydrogen-bond acceptors (Lipinski definition) is 5. The lowest BCUT2D eigenvalue weighted by Crippen LogP contribution is -2.46. The highest BCUT2D eigenvalue weighted by Crippen LogP contribution is 2.54. The molecule has 2 fully saturated rings. The predicted octanol–water partition coefficient (Wildman–Crippen LogP) is 3.47. The van der Waals surface area contributed by atoms with Gasteiger partial charge in [0.1, 0.15) is 29.1 Å². The molecule has 2 aromatic carbocycles. The van der Waals surface area contributed by atoms with Crippen molar-refractivity contribution >= 4 is 23.6 Å². The molecule has 1 amide bonds. The molecule has 146 valence electrons. The van der Waals surface area contributed by atoms with Gasteiger partial charge in [-0.05, 0) is 30.2 Å². The quantitative estimate of drug-likeness (QED) is 0.718. The number of fused-ring (bicyclic) bond motifs is 1. The standard InChI is InChI=1S/C21H20FNO4S/c1-26-18-8-7-16(22)11-14(18)12-27-20(25)17-13-28-21(10-9-19(24)23(17)21)15-5-3-2-4-6-15/h2-8,11,17H,9-10,12-13H2,1H3/t17-,21+/m1/s1. The van der Waals surface area contributed by atoms with E-state index in [9.17, 15) is 14.0 Å². The van der Waals surface area contributed by atoms with Crippen molar-refractivity contribution < 1.29 is 23.5 Å². The molecule has 0 spiro atoms. The maximum absolute atomic E-state index is 13.5. The Labute approximate surface area is 166 Å². The van der Waals surface area contributed by atoms with Gasteiger partial charge < -0.3 is 14.4 Å². The van der Waals surface area contributed by atoms with Crippen molar-refractivity contribution in [1.82, 2.24) is 4.90 Å². The predicted molar refractivity (Wildman–Crippen MR) is 103 cm³/mol. The summed E-state index contributed by atoms with van der Waals surface area (Å²) in [5.41, 5.74) is 1.47. The fourth-order valence-electron chi connectivity index (χ4n) is 3.92.